The van der Waals surface area contributed by atoms with Gasteiger partial charge in [0.2, 0.25) is 0 Å². The molecule has 19 heavy (non-hydrogen) atoms. The molecule has 1 atom stereocenters. The van der Waals surface area contributed by atoms with Crippen LogP contribution < -0.4 is 4.74 Å². The van der Waals surface area contributed by atoms with Crippen LogP contribution in [-0.4, -0.2) is 31.4 Å². The Kier molecular flexibility index (Phi) is 4.80. The molecule has 1 aromatic carbocycles. The zero-order valence-electron chi connectivity index (χ0n) is 11.2. The van der Waals surface area contributed by atoms with Crippen molar-refractivity contribution in [3.63, 3.8) is 0 Å². The summed E-state index contributed by atoms with van der Waals surface area (Å²) in [6.07, 6.45) is 2.22. The molecule has 2 rings (SSSR count). The third kappa shape index (κ3) is 3.70. The molecule has 0 spiro atoms. The molecule has 1 N–H and O–H groups in total. The first-order valence-electron chi connectivity index (χ1n) is 6.64. The third-order valence-electron chi connectivity index (χ3n) is 3.74. The van der Waals surface area contributed by atoms with Crippen LogP contribution in [-0.2, 0) is 16.0 Å². The van der Waals surface area contributed by atoms with Gasteiger partial charge in [0, 0.05) is 13.2 Å². The van der Waals surface area contributed by atoms with Crippen molar-refractivity contribution in [1.82, 2.24) is 0 Å². The summed E-state index contributed by atoms with van der Waals surface area (Å²) in [6, 6.07) is 7.64. The first-order chi connectivity index (χ1) is 9.20. The van der Waals surface area contributed by atoms with Crippen LogP contribution >= 0.6 is 0 Å². The van der Waals surface area contributed by atoms with Gasteiger partial charge in [-0.1, -0.05) is 12.1 Å². The molecular weight excluding hydrogens is 244 g/mol. The largest absolute Gasteiger partial charge is 0.497 e. The Morgan fingerprint density at radius 1 is 1.47 bits per heavy atom. The van der Waals surface area contributed by atoms with E-state index in [-0.39, 0.29) is 11.8 Å². The maximum atomic E-state index is 11.5. The SMILES string of the molecule is COc1cccc(CC(C(=O)O)C2CCOCC2)c1. The highest BCUT2D eigenvalue weighted by Crippen LogP contribution is 2.28. The van der Waals surface area contributed by atoms with Crippen molar-refractivity contribution in [2.45, 2.75) is 19.3 Å². The summed E-state index contributed by atoms with van der Waals surface area (Å²) in [5.41, 5.74) is 1.01. The number of methoxy groups -OCH3 is 1. The summed E-state index contributed by atoms with van der Waals surface area (Å²) in [5.74, 6) is -0.0724. The summed E-state index contributed by atoms with van der Waals surface area (Å²) in [4.78, 5) is 11.5. The predicted octanol–water partition coefficient (Wildman–Crippen LogP) is 2.37. The van der Waals surface area contributed by atoms with E-state index < -0.39 is 5.97 Å². The number of rotatable bonds is 5. The fourth-order valence-electron chi connectivity index (χ4n) is 2.63. The molecule has 1 saturated heterocycles. The normalized spacial score (nSPS) is 17.9. The van der Waals surface area contributed by atoms with E-state index in [9.17, 15) is 9.90 Å². The number of carboxylic acid groups (broad SMARTS) is 1. The van der Waals surface area contributed by atoms with Gasteiger partial charge in [0.1, 0.15) is 5.75 Å². The molecule has 0 aromatic heterocycles. The molecule has 4 heteroatoms. The molecule has 1 heterocycles. The number of carboxylic acids is 1. The first kappa shape index (κ1) is 13.9. The number of benzene rings is 1. The molecule has 1 aliphatic heterocycles. The molecule has 1 aliphatic rings. The average Bonchev–Trinajstić information content (AvgIpc) is 2.45. The minimum absolute atomic E-state index is 0.206. The Balaban J connectivity index is 2.08. The maximum absolute atomic E-state index is 11.5. The van der Waals surface area contributed by atoms with Gasteiger partial charge in [-0.3, -0.25) is 4.79 Å². The highest BCUT2D eigenvalue weighted by molar-refractivity contribution is 5.70. The molecule has 0 aliphatic carbocycles. The van der Waals surface area contributed by atoms with Crippen LogP contribution in [0.4, 0.5) is 0 Å². The van der Waals surface area contributed by atoms with E-state index >= 15 is 0 Å². The van der Waals surface area contributed by atoms with Crippen molar-refractivity contribution < 1.29 is 19.4 Å². The van der Waals surface area contributed by atoms with Crippen LogP contribution in [0.1, 0.15) is 18.4 Å². The topological polar surface area (TPSA) is 55.8 Å². The fourth-order valence-corrected chi connectivity index (χ4v) is 2.63. The highest BCUT2D eigenvalue weighted by Gasteiger charge is 2.29. The lowest BCUT2D eigenvalue weighted by atomic mass is 9.82. The summed E-state index contributed by atoms with van der Waals surface area (Å²) in [6.45, 7) is 1.35. The van der Waals surface area contributed by atoms with Crippen molar-refractivity contribution in [1.29, 1.82) is 0 Å². The number of carbonyl (C=O) groups is 1. The smallest absolute Gasteiger partial charge is 0.307 e. The Bertz CT molecular complexity index is 424. The minimum Gasteiger partial charge on any atom is -0.497 e. The van der Waals surface area contributed by atoms with E-state index in [4.69, 9.17) is 9.47 Å². The van der Waals surface area contributed by atoms with E-state index in [0.29, 0.717) is 19.6 Å². The van der Waals surface area contributed by atoms with Crippen LogP contribution in [0.3, 0.4) is 0 Å². The summed E-state index contributed by atoms with van der Waals surface area (Å²) < 4.78 is 10.5. The molecule has 1 unspecified atom stereocenters. The molecule has 0 amide bonds. The Morgan fingerprint density at radius 2 is 2.21 bits per heavy atom. The lowest BCUT2D eigenvalue weighted by Gasteiger charge is -2.27. The summed E-state index contributed by atoms with van der Waals surface area (Å²) >= 11 is 0. The number of hydrogen-bond donors (Lipinski definition) is 1. The molecule has 104 valence electrons. The number of aliphatic carboxylic acids is 1. The first-order valence-corrected chi connectivity index (χ1v) is 6.64. The molecule has 1 aromatic rings. The van der Waals surface area contributed by atoms with Gasteiger partial charge >= 0.3 is 5.97 Å². The molecule has 0 bridgehead atoms. The summed E-state index contributed by atoms with van der Waals surface area (Å²) in [7, 11) is 1.62. The molecular formula is C15H20O4. The van der Waals surface area contributed by atoms with Crippen molar-refractivity contribution >= 4 is 5.97 Å². The highest BCUT2D eigenvalue weighted by atomic mass is 16.5. The Hall–Kier alpha value is -1.55. The zero-order chi connectivity index (χ0) is 13.7. The van der Waals surface area contributed by atoms with Gasteiger partial charge in [-0.25, -0.2) is 0 Å². The van der Waals surface area contributed by atoms with Crippen molar-refractivity contribution in [3.8, 4) is 5.75 Å². The van der Waals surface area contributed by atoms with Crippen LogP contribution in [0.2, 0.25) is 0 Å². The predicted molar refractivity (Wildman–Crippen MR) is 71.4 cm³/mol. The average molecular weight is 264 g/mol. The second kappa shape index (κ2) is 6.57. The Labute approximate surface area is 113 Å². The van der Waals surface area contributed by atoms with Crippen LogP contribution in [0.15, 0.2) is 24.3 Å². The van der Waals surface area contributed by atoms with Gasteiger partial charge in [0.25, 0.3) is 0 Å². The van der Waals surface area contributed by atoms with Crippen molar-refractivity contribution in [2.75, 3.05) is 20.3 Å². The summed E-state index contributed by atoms with van der Waals surface area (Å²) in [5, 5.41) is 9.44. The van der Waals surface area contributed by atoms with Gasteiger partial charge in [-0.2, -0.15) is 0 Å². The van der Waals surface area contributed by atoms with E-state index in [1.165, 1.54) is 0 Å². The molecule has 4 nitrogen and oxygen atoms in total. The second-order valence-electron chi connectivity index (χ2n) is 4.95. The van der Waals surface area contributed by atoms with E-state index in [0.717, 1.165) is 24.2 Å². The van der Waals surface area contributed by atoms with Gasteiger partial charge < -0.3 is 14.6 Å². The third-order valence-corrected chi connectivity index (χ3v) is 3.74. The number of ether oxygens (including phenoxy) is 2. The molecule has 0 saturated carbocycles. The molecule has 1 fully saturated rings. The minimum atomic E-state index is -0.713. The monoisotopic (exact) mass is 264 g/mol. The maximum Gasteiger partial charge on any atom is 0.307 e. The van der Waals surface area contributed by atoms with Gasteiger partial charge in [0.15, 0.2) is 0 Å². The van der Waals surface area contributed by atoms with E-state index in [1.807, 2.05) is 24.3 Å². The zero-order valence-corrected chi connectivity index (χ0v) is 11.2. The van der Waals surface area contributed by atoms with Crippen LogP contribution in [0.5, 0.6) is 5.75 Å². The van der Waals surface area contributed by atoms with Gasteiger partial charge in [-0.15, -0.1) is 0 Å². The number of hydrogen-bond acceptors (Lipinski definition) is 3. The fraction of sp³-hybridized carbons (Fsp3) is 0.533. The van der Waals surface area contributed by atoms with Gasteiger partial charge in [0.05, 0.1) is 13.0 Å². The van der Waals surface area contributed by atoms with Crippen LogP contribution in [0.25, 0.3) is 0 Å². The van der Waals surface area contributed by atoms with E-state index in [1.54, 1.807) is 7.11 Å². The van der Waals surface area contributed by atoms with Crippen LogP contribution in [0, 0.1) is 11.8 Å². The van der Waals surface area contributed by atoms with E-state index in [2.05, 4.69) is 0 Å². The molecule has 0 radical (unpaired) electrons. The lowest BCUT2D eigenvalue weighted by Crippen LogP contribution is -2.30. The van der Waals surface area contributed by atoms with Gasteiger partial charge in [-0.05, 0) is 42.9 Å². The lowest BCUT2D eigenvalue weighted by molar-refractivity contribution is -0.145. The quantitative estimate of drug-likeness (QED) is 0.887. The second-order valence-corrected chi connectivity index (χ2v) is 4.95. The van der Waals surface area contributed by atoms with Crippen molar-refractivity contribution in [3.05, 3.63) is 29.8 Å². The standard InChI is InChI=1S/C15H20O4/c1-18-13-4-2-3-11(9-13)10-14(15(16)17)12-5-7-19-8-6-12/h2-4,9,12,14H,5-8,10H2,1H3,(H,16,17). The van der Waals surface area contributed by atoms with Crippen molar-refractivity contribution in [2.24, 2.45) is 11.8 Å². The Morgan fingerprint density at radius 3 is 2.84 bits per heavy atom.